The topological polar surface area (TPSA) is 47.6 Å². The van der Waals surface area contributed by atoms with Gasteiger partial charge in [-0.15, -0.1) is 0 Å². The Morgan fingerprint density at radius 1 is 1.12 bits per heavy atom. The lowest BCUT2D eigenvalue weighted by Crippen LogP contribution is -2.35. The number of carbonyl (C=O) groups excluding carboxylic acids is 1. The van der Waals surface area contributed by atoms with E-state index in [1.54, 1.807) is 20.1 Å². The van der Waals surface area contributed by atoms with Crippen molar-refractivity contribution in [3.8, 4) is 5.75 Å². The van der Waals surface area contributed by atoms with Crippen LogP contribution in [0.3, 0.4) is 0 Å². The molecule has 0 saturated carbocycles. The van der Waals surface area contributed by atoms with Crippen molar-refractivity contribution >= 4 is 29.1 Å². The number of rotatable bonds is 8. The molecule has 134 valence electrons. The number of ether oxygens (including phenoxy) is 2. The number of methoxy groups -OCH3 is 1. The Kier molecular flexibility index (Phi) is 7.56. The number of benzene rings is 2. The lowest BCUT2D eigenvalue weighted by atomic mass is 10.1. The summed E-state index contributed by atoms with van der Waals surface area (Å²) in [6, 6.07) is 12.9. The molecule has 2 aromatic carbocycles. The molecule has 0 fully saturated rings. The van der Waals surface area contributed by atoms with E-state index in [0.717, 1.165) is 16.9 Å². The van der Waals surface area contributed by atoms with E-state index >= 15 is 0 Å². The van der Waals surface area contributed by atoms with Crippen LogP contribution < -0.4 is 10.1 Å². The molecule has 2 rings (SSSR count). The molecular weight excluding hydrogens is 361 g/mol. The molecule has 1 atom stereocenters. The number of nitrogens with one attached hydrogen (secondary N) is 1. The quantitative estimate of drug-likeness (QED) is 0.742. The van der Waals surface area contributed by atoms with E-state index in [1.165, 1.54) is 0 Å². The molecule has 0 aromatic heterocycles. The van der Waals surface area contributed by atoms with E-state index in [2.05, 4.69) is 5.32 Å². The van der Waals surface area contributed by atoms with Crippen LogP contribution in [0.15, 0.2) is 42.5 Å². The van der Waals surface area contributed by atoms with Crippen LogP contribution in [0.25, 0.3) is 0 Å². The van der Waals surface area contributed by atoms with Crippen molar-refractivity contribution in [2.45, 2.75) is 26.1 Å². The lowest BCUT2D eigenvalue weighted by Gasteiger charge is -2.14. The van der Waals surface area contributed by atoms with Crippen molar-refractivity contribution in [1.82, 2.24) is 5.32 Å². The average Bonchev–Trinajstić information content (AvgIpc) is 2.59. The molecule has 1 N–H and O–H groups in total. The highest BCUT2D eigenvalue weighted by molar-refractivity contribution is 6.34. The maximum absolute atomic E-state index is 12.1. The third kappa shape index (κ3) is 6.58. The first kappa shape index (κ1) is 19.6. The zero-order valence-corrected chi connectivity index (χ0v) is 15.7. The first-order chi connectivity index (χ1) is 12.0. The van der Waals surface area contributed by atoms with Gasteiger partial charge in [-0.05, 0) is 54.8 Å². The molecule has 4 nitrogen and oxygen atoms in total. The van der Waals surface area contributed by atoms with Gasteiger partial charge in [-0.3, -0.25) is 4.79 Å². The van der Waals surface area contributed by atoms with Crippen molar-refractivity contribution in [2.75, 3.05) is 13.7 Å². The van der Waals surface area contributed by atoms with Crippen LogP contribution >= 0.6 is 23.2 Å². The minimum atomic E-state index is -0.547. The lowest BCUT2D eigenvalue weighted by molar-refractivity contribution is -0.132. The summed E-state index contributed by atoms with van der Waals surface area (Å²) < 4.78 is 10.8. The minimum absolute atomic E-state index is 0.156. The van der Waals surface area contributed by atoms with Gasteiger partial charge in [0.25, 0.3) is 0 Å². The first-order valence-electron chi connectivity index (χ1n) is 7.95. The highest BCUT2D eigenvalue weighted by Crippen LogP contribution is 2.19. The summed E-state index contributed by atoms with van der Waals surface area (Å²) >= 11 is 11.9. The Bertz CT molecular complexity index is 701. The minimum Gasteiger partial charge on any atom is -0.497 e. The van der Waals surface area contributed by atoms with Crippen molar-refractivity contribution < 1.29 is 14.3 Å². The largest absolute Gasteiger partial charge is 0.497 e. The molecule has 25 heavy (non-hydrogen) atoms. The van der Waals surface area contributed by atoms with Gasteiger partial charge in [0, 0.05) is 16.6 Å². The standard InChI is InChI=1S/C19H21Cl2NO3/c1-13(25-12-15-4-3-5-18(10-15)24-2)19(23)22-7-6-14-8-16(20)11-17(21)9-14/h3-5,8-11,13H,6-7,12H2,1-2H3,(H,22,23). The summed E-state index contributed by atoms with van der Waals surface area (Å²) in [6.07, 6.45) is 0.100. The molecule has 6 heteroatoms. The van der Waals surface area contributed by atoms with Gasteiger partial charge in [-0.25, -0.2) is 0 Å². The van der Waals surface area contributed by atoms with Crippen molar-refractivity contribution in [1.29, 1.82) is 0 Å². The molecule has 0 saturated heterocycles. The van der Waals surface area contributed by atoms with Gasteiger partial charge in [0.2, 0.25) is 5.91 Å². The van der Waals surface area contributed by atoms with Gasteiger partial charge in [0.1, 0.15) is 11.9 Å². The van der Waals surface area contributed by atoms with E-state index in [4.69, 9.17) is 32.7 Å². The predicted octanol–water partition coefficient (Wildman–Crippen LogP) is 4.27. The third-order valence-corrected chi connectivity index (χ3v) is 4.08. The van der Waals surface area contributed by atoms with Crippen LogP contribution in [-0.2, 0) is 22.6 Å². The van der Waals surface area contributed by atoms with Crippen LogP contribution in [0.2, 0.25) is 10.0 Å². The normalized spacial score (nSPS) is 11.8. The van der Waals surface area contributed by atoms with Crippen LogP contribution in [0.1, 0.15) is 18.1 Å². The second-order valence-corrected chi connectivity index (χ2v) is 6.50. The average molecular weight is 382 g/mol. The fraction of sp³-hybridized carbons (Fsp3) is 0.316. The number of amides is 1. The summed E-state index contributed by atoms with van der Waals surface area (Å²) in [5.41, 5.74) is 1.93. The van der Waals surface area contributed by atoms with Crippen molar-refractivity contribution in [3.63, 3.8) is 0 Å². The molecule has 0 aliphatic carbocycles. The van der Waals surface area contributed by atoms with Gasteiger partial charge in [-0.1, -0.05) is 35.3 Å². The zero-order chi connectivity index (χ0) is 18.2. The molecule has 0 aliphatic rings. The molecule has 1 unspecified atom stereocenters. The molecular formula is C19H21Cl2NO3. The highest BCUT2D eigenvalue weighted by Gasteiger charge is 2.13. The summed E-state index contributed by atoms with van der Waals surface area (Å²) in [4.78, 5) is 12.1. The Morgan fingerprint density at radius 3 is 2.52 bits per heavy atom. The number of carbonyl (C=O) groups is 1. The third-order valence-electron chi connectivity index (χ3n) is 3.64. The molecule has 1 amide bonds. The van der Waals surface area contributed by atoms with Crippen LogP contribution in [-0.4, -0.2) is 25.7 Å². The van der Waals surface area contributed by atoms with Crippen molar-refractivity contribution in [3.05, 3.63) is 63.6 Å². The Morgan fingerprint density at radius 2 is 1.84 bits per heavy atom. The summed E-state index contributed by atoms with van der Waals surface area (Å²) in [5.74, 6) is 0.606. The summed E-state index contributed by atoms with van der Waals surface area (Å²) in [6.45, 7) is 2.56. The summed E-state index contributed by atoms with van der Waals surface area (Å²) in [7, 11) is 1.61. The fourth-order valence-corrected chi connectivity index (χ4v) is 2.86. The maximum atomic E-state index is 12.1. The van der Waals surface area contributed by atoms with Crippen LogP contribution in [0.5, 0.6) is 5.75 Å². The zero-order valence-electron chi connectivity index (χ0n) is 14.2. The summed E-state index contributed by atoms with van der Waals surface area (Å²) in [5, 5.41) is 4.03. The van der Waals surface area contributed by atoms with E-state index in [0.29, 0.717) is 29.6 Å². The Hall–Kier alpha value is -1.75. The maximum Gasteiger partial charge on any atom is 0.248 e. The molecule has 0 aliphatic heterocycles. The van der Waals surface area contributed by atoms with Gasteiger partial charge < -0.3 is 14.8 Å². The molecule has 0 bridgehead atoms. The molecule has 0 radical (unpaired) electrons. The number of halogens is 2. The highest BCUT2D eigenvalue weighted by atomic mass is 35.5. The van der Waals surface area contributed by atoms with Crippen molar-refractivity contribution in [2.24, 2.45) is 0 Å². The predicted molar refractivity (Wildman–Crippen MR) is 100 cm³/mol. The van der Waals surface area contributed by atoms with Crippen LogP contribution in [0.4, 0.5) is 0 Å². The van der Waals surface area contributed by atoms with E-state index < -0.39 is 6.10 Å². The second-order valence-electron chi connectivity index (χ2n) is 5.62. The second kappa shape index (κ2) is 9.66. The van der Waals surface area contributed by atoms with Gasteiger partial charge >= 0.3 is 0 Å². The van der Waals surface area contributed by atoms with Gasteiger partial charge in [0.15, 0.2) is 0 Å². The van der Waals surface area contributed by atoms with Gasteiger partial charge in [-0.2, -0.15) is 0 Å². The monoisotopic (exact) mass is 381 g/mol. The van der Waals surface area contributed by atoms with E-state index in [9.17, 15) is 4.79 Å². The Balaban J connectivity index is 1.76. The first-order valence-corrected chi connectivity index (χ1v) is 8.70. The Labute approximate surface area is 158 Å². The molecule has 0 spiro atoms. The van der Waals surface area contributed by atoms with E-state index in [1.807, 2.05) is 36.4 Å². The van der Waals surface area contributed by atoms with Gasteiger partial charge in [0.05, 0.1) is 13.7 Å². The smallest absolute Gasteiger partial charge is 0.248 e. The molecule has 0 heterocycles. The molecule has 2 aromatic rings. The number of hydrogen-bond acceptors (Lipinski definition) is 3. The van der Waals surface area contributed by atoms with Crippen LogP contribution in [0, 0.1) is 0 Å². The van der Waals surface area contributed by atoms with E-state index in [-0.39, 0.29) is 5.91 Å². The SMILES string of the molecule is COc1cccc(COC(C)C(=O)NCCc2cc(Cl)cc(Cl)c2)c1. The number of hydrogen-bond donors (Lipinski definition) is 1. The fourth-order valence-electron chi connectivity index (χ4n) is 2.29.